The molecule has 2 atom stereocenters. The van der Waals surface area contributed by atoms with Crippen LogP contribution >= 0.6 is 0 Å². The molecule has 1 amide bonds. The van der Waals surface area contributed by atoms with Gasteiger partial charge in [0, 0.05) is 30.0 Å². The Bertz CT molecular complexity index is 974. The van der Waals surface area contributed by atoms with Crippen molar-refractivity contribution in [3.63, 3.8) is 0 Å². The molecule has 1 N–H and O–H groups in total. The van der Waals surface area contributed by atoms with Gasteiger partial charge < -0.3 is 5.32 Å². The largest absolute Gasteiger partial charge is 0.347 e. The molecule has 2 bridgehead atoms. The fourth-order valence-corrected chi connectivity index (χ4v) is 5.03. The van der Waals surface area contributed by atoms with Crippen LogP contribution < -0.4 is 5.32 Å². The van der Waals surface area contributed by atoms with Crippen molar-refractivity contribution in [3.8, 4) is 0 Å². The van der Waals surface area contributed by atoms with Crippen molar-refractivity contribution in [2.24, 2.45) is 5.92 Å². The van der Waals surface area contributed by atoms with Crippen LogP contribution in [0.15, 0.2) is 67.0 Å². The van der Waals surface area contributed by atoms with Crippen molar-refractivity contribution < 1.29 is 4.79 Å². The summed E-state index contributed by atoms with van der Waals surface area (Å²) in [5, 5.41) is 5.56. The number of hydrogen-bond acceptors (Lipinski definition) is 3. The molecule has 142 valence electrons. The Labute approximate surface area is 165 Å². The van der Waals surface area contributed by atoms with Gasteiger partial charge in [-0.05, 0) is 66.7 Å². The van der Waals surface area contributed by atoms with Crippen molar-refractivity contribution in [2.45, 2.75) is 31.3 Å². The Morgan fingerprint density at radius 1 is 1.04 bits per heavy atom. The molecule has 4 nitrogen and oxygen atoms in total. The molecule has 3 aromatic rings. The highest BCUT2D eigenvalue weighted by Crippen LogP contribution is 2.34. The Morgan fingerprint density at radius 3 is 2.68 bits per heavy atom. The van der Waals surface area contributed by atoms with Gasteiger partial charge in [-0.1, -0.05) is 42.5 Å². The summed E-state index contributed by atoms with van der Waals surface area (Å²) >= 11 is 0. The zero-order chi connectivity index (χ0) is 18.9. The van der Waals surface area contributed by atoms with E-state index in [1.54, 1.807) is 0 Å². The Balaban J connectivity index is 1.42. The van der Waals surface area contributed by atoms with Crippen LogP contribution in [0.3, 0.4) is 0 Å². The van der Waals surface area contributed by atoms with Crippen LogP contribution in [0.5, 0.6) is 0 Å². The minimum absolute atomic E-state index is 0.0479. The van der Waals surface area contributed by atoms with E-state index in [0.29, 0.717) is 12.0 Å². The van der Waals surface area contributed by atoms with E-state index < -0.39 is 0 Å². The maximum Gasteiger partial charge on any atom is 0.252 e. The number of pyridine rings is 1. The Hall–Kier alpha value is -2.72. The van der Waals surface area contributed by atoms with Gasteiger partial charge in [0.15, 0.2) is 0 Å². The highest BCUT2D eigenvalue weighted by molar-refractivity contribution is 6.07. The number of piperidine rings is 3. The molecule has 28 heavy (non-hydrogen) atoms. The summed E-state index contributed by atoms with van der Waals surface area (Å²) in [4.78, 5) is 20.1. The van der Waals surface area contributed by atoms with Gasteiger partial charge in [-0.3, -0.25) is 14.7 Å². The summed E-state index contributed by atoms with van der Waals surface area (Å²) in [7, 11) is 0. The fourth-order valence-electron chi connectivity index (χ4n) is 5.03. The van der Waals surface area contributed by atoms with Gasteiger partial charge in [-0.25, -0.2) is 0 Å². The van der Waals surface area contributed by atoms with E-state index in [9.17, 15) is 4.79 Å². The minimum atomic E-state index is 0.0479. The minimum Gasteiger partial charge on any atom is -0.347 e. The molecule has 4 heteroatoms. The van der Waals surface area contributed by atoms with Gasteiger partial charge in [-0.15, -0.1) is 0 Å². The zero-order valence-electron chi connectivity index (χ0n) is 15.9. The first-order valence-electron chi connectivity index (χ1n) is 10.2. The van der Waals surface area contributed by atoms with Gasteiger partial charge in [0.25, 0.3) is 5.91 Å². The van der Waals surface area contributed by atoms with Crippen LogP contribution in [0, 0.1) is 5.92 Å². The normalized spacial score (nSPS) is 26.3. The van der Waals surface area contributed by atoms with Crippen molar-refractivity contribution in [1.29, 1.82) is 0 Å². The monoisotopic (exact) mass is 371 g/mol. The number of carbonyl (C=O) groups is 1. The van der Waals surface area contributed by atoms with Gasteiger partial charge in [0.05, 0.1) is 0 Å². The molecule has 3 aliphatic heterocycles. The van der Waals surface area contributed by atoms with Crippen molar-refractivity contribution in [1.82, 2.24) is 15.2 Å². The number of nitrogens with one attached hydrogen (secondary N) is 1. The fraction of sp³-hybridized carbons (Fsp3) is 0.333. The molecule has 6 rings (SSSR count). The average molecular weight is 371 g/mol. The molecular weight excluding hydrogens is 346 g/mol. The van der Waals surface area contributed by atoms with Crippen LogP contribution in [0.2, 0.25) is 0 Å². The quantitative estimate of drug-likeness (QED) is 0.761. The van der Waals surface area contributed by atoms with Crippen LogP contribution in [0.1, 0.15) is 28.8 Å². The molecule has 3 saturated heterocycles. The third kappa shape index (κ3) is 3.18. The highest BCUT2D eigenvalue weighted by atomic mass is 16.1. The number of aromatic nitrogens is 1. The third-order valence-corrected chi connectivity index (χ3v) is 6.47. The van der Waals surface area contributed by atoms with E-state index in [1.807, 2.05) is 48.8 Å². The van der Waals surface area contributed by atoms with E-state index >= 15 is 0 Å². The number of benzene rings is 2. The summed E-state index contributed by atoms with van der Waals surface area (Å²) < 4.78 is 0. The first-order chi connectivity index (χ1) is 13.8. The lowest BCUT2D eigenvalue weighted by Crippen LogP contribution is -2.64. The number of fused-ring (bicyclic) bond motifs is 4. The lowest BCUT2D eigenvalue weighted by Gasteiger charge is -2.51. The standard InChI is InChI=1S/C24H25N3O/c28-24(21-9-3-7-18-6-1-2-8-20(18)21)26-23-19-10-13-27(14-11-19)22(23)15-17-5-4-12-25-16-17/h1-9,12,16,19,22-23H,10-11,13-15H2,(H,26,28). The number of rotatable bonds is 4. The first-order valence-corrected chi connectivity index (χ1v) is 10.2. The van der Waals surface area contributed by atoms with Crippen LogP contribution in [0.25, 0.3) is 10.8 Å². The summed E-state index contributed by atoms with van der Waals surface area (Å²) in [6, 6.07) is 18.8. The van der Waals surface area contributed by atoms with Gasteiger partial charge in [-0.2, -0.15) is 0 Å². The van der Waals surface area contributed by atoms with E-state index in [4.69, 9.17) is 0 Å². The smallest absolute Gasteiger partial charge is 0.252 e. The molecule has 0 aliphatic carbocycles. The summed E-state index contributed by atoms with van der Waals surface area (Å²) in [5.74, 6) is 0.609. The van der Waals surface area contributed by atoms with Gasteiger partial charge >= 0.3 is 0 Å². The summed E-state index contributed by atoms with van der Waals surface area (Å²) in [6.45, 7) is 2.27. The number of amides is 1. The van der Waals surface area contributed by atoms with Crippen LogP contribution in [-0.4, -0.2) is 41.0 Å². The molecule has 0 radical (unpaired) electrons. The molecule has 3 fully saturated rings. The van der Waals surface area contributed by atoms with Gasteiger partial charge in [0.1, 0.15) is 0 Å². The second-order valence-electron chi connectivity index (χ2n) is 8.03. The van der Waals surface area contributed by atoms with E-state index in [1.165, 1.54) is 18.4 Å². The Morgan fingerprint density at radius 2 is 1.86 bits per heavy atom. The van der Waals surface area contributed by atoms with Gasteiger partial charge in [0.2, 0.25) is 0 Å². The summed E-state index contributed by atoms with van der Waals surface area (Å²) in [6.07, 6.45) is 7.04. The third-order valence-electron chi connectivity index (χ3n) is 6.47. The molecule has 0 saturated carbocycles. The second-order valence-corrected chi connectivity index (χ2v) is 8.03. The van der Waals surface area contributed by atoms with Crippen LogP contribution in [-0.2, 0) is 6.42 Å². The molecule has 4 heterocycles. The summed E-state index contributed by atoms with van der Waals surface area (Å²) in [5.41, 5.74) is 2.01. The van der Waals surface area contributed by atoms with Crippen LogP contribution in [0.4, 0.5) is 0 Å². The molecule has 3 aliphatic rings. The highest BCUT2D eigenvalue weighted by Gasteiger charge is 2.42. The first kappa shape index (κ1) is 17.4. The Kier molecular flexibility index (Phi) is 4.57. The SMILES string of the molecule is O=C(NC1C2CCN(CC2)C1Cc1cccnc1)c1cccc2ccccc12. The topological polar surface area (TPSA) is 45.2 Å². The molecule has 2 unspecified atom stereocenters. The molecular formula is C24H25N3O. The maximum absolute atomic E-state index is 13.3. The predicted octanol–water partition coefficient (Wildman–Crippen LogP) is 3.67. The average Bonchev–Trinajstić information content (AvgIpc) is 2.76. The number of nitrogens with zero attached hydrogens (tertiary/aromatic N) is 2. The van der Waals surface area contributed by atoms with Crippen molar-refractivity contribution in [3.05, 3.63) is 78.1 Å². The van der Waals surface area contributed by atoms with Crippen molar-refractivity contribution >= 4 is 16.7 Å². The van der Waals surface area contributed by atoms with Crippen molar-refractivity contribution in [2.75, 3.05) is 13.1 Å². The molecule has 1 aromatic heterocycles. The predicted molar refractivity (Wildman–Crippen MR) is 111 cm³/mol. The molecule has 0 spiro atoms. The zero-order valence-corrected chi connectivity index (χ0v) is 15.9. The number of hydrogen-bond donors (Lipinski definition) is 1. The lowest BCUT2D eigenvalue weighted by atomic mass is 9.76. The number of carbonyl (C=O) groups excluding carboxylic acids is 1. The lowest BCUT2D eigenvalue weighted by molar-refractivity contribution is 0.0136. The van der Waals surface area contributed by atoms with E-state index in [-0.39, 0.29) is 11.9 Å². The maximum atomic E-state index is 13.3. The molecule has 2 aromatic carbocycles. The van der Waals surface area contributed by atoms with E-state index in [2.05, 4.69) is 33.4 Å². The second kappa shape index (κ2) is 7.36. The van der Waals surface area contributed by atoms with E-state index in [0.717, 1.165) is 35.8 Å².